The highest BCUT2D eigenvalue weighted by atomic mass is 16.1. The van der Waals surface area contributed by atoms with Crippen molar-refractivity contribution >= 4 is 59.8 Å². The van der Waals surface area contributed by atoms with Gasteiger partial charge in [-0.1, -0.05) is 72.8 Å². The summed E-state index contributed by atoms with van der Waals surface area (Å²) in [7, 11) is 0. The maximum absolute atomic E-state index is 13.8. The summed E-state index contributed by atoms with van der Waals surface area (Å²) >= 11 is 0. The summed E-state index contributed by atoms with van der Waals surface area (Å²) in [4.78, 5) is 13.8. The van der Waals surface area contributed by atoms with Gasteiger partial charge in [-0.05, 0) is 41.8 Å². The van der Waals surface area contributed by atoms with Crippen LogP contribution in [0.1, 0.15) is 0 Å². The number of rotatable bonds is 1. The molecule has 3 nitrogen and oxygen atoms in total. The van der Waals surface area contributed by atoms with Crippen molar-refractivity contribution in [3.63, 3.8) is 0 Å². The standard InChI is InChI=1S/C31H18N2O/c34-31-24-13-5-4-11-20(24)22-14-8-15-23-26-18-28-25(17-29(26)33(31)30(22)23)21-12-6-7-16-27(21)32(28)19-9-2-1-3-10-19/h1-18H. The van der Waals surface area contributed by atoms with Crippen molar-refractivity contribution < 1.29 is 0 Å². The summed E-state index contributed by atoms with van der Waals surface area (Å²) in [5.74, 6) is 0. The molecule has 3 heteroatoms. The lowest BCUT2D eigenvalue weighted by Crippen LogP contribution is -2.12. The number of aromatic nitrogens is 2. The van der Waals surface area contributed by atoms with E-state index in [4.69, 9.17) is 0 Å². The molecule has 34 heavy (non-hydrogen) atoms. The van der Waals surface area contributed by atoms with Gasteiger partial charge in [-0.2, -0.15) is 0 Å². The number of benzene rings is 5. The third-order valence-corrected chi connectivity index (χ3v) is 7.25. The van der Waals surface area contributed by atoms with Crippen LogP contribution in [0.2, 0.25) is 0 Å². The zero-order valence-electron chi connectivity index (χ0n) is 18.2. The largest absolute Gasteiger partial charge is 0.309 e. The van der Waals surface area contributed by atoms with E-state index >= 15 is 0 Å². The normalized spacial score (nSPS) is 12.2. The van der Waals surface area contributed by atoms with E-state index < -0.39 is 0 Å². The van der Waals surface area contributed by atoms with E-state index in [1.807, 2.05) is 28.7 Å². The van der Waals surface area contributed by atoms with Gasteiger partial charge in [0.05, 0.1) is 22.1 Å². The molecule has 0 aliphatic carbocycles. The summed E-state index contributed by atoms with van der Waals surface area (Å²) in [5, 5.41) is 7.44. The third-order valence-electron chi connectivity index (χ3n) is 7.25. The molecular formula is C31H18N2O. The quantitative estimate of drug-likeness (QED) is 0.249. The minimum atomic E-state index is 0.0421. The Labute approximate surface area is 194 Å². The summed E-state index contributed by atoms with van der Waals surface area (Å²) in [6.07, 6.45) is 0. The van der Waals surface area contributed by atoms with Crippen molar-refractivity contribution in [2.24, 2.45) is 0 Å². The maximum atomic E-state index is 13.8. The number of hydrogen-bond donors (Lipinski definition) is 0. The molecule has 0 radical (unpaired) electrons. The lowest BCUT2D eigenvalue weighted by Gasteiger charge is -2.07. The predicted molar refractivity (Wildman–Crippen MR) is 142 cm³/mol. The monoisotopic (exact) mass is 434 g/mol. The number of nitrogens with zero attached hydrogens (tertiary/aromatic N) is 2. The molecule has 0 spiro atoms. The first-order valence-corrected chi connectivity index (χ1v) is 11.5. The van der Waals surface area contributed by atoms with Gasteiger partial charge in [0.25, 0.3) is 5.56 Å². The highest BCUT2D eigenvalue weighted by Gasteiger charge is 2.20. The topological polar surface area (TPSA) is 26.4 Å². The van der Waals surface area contributed by atoms with Gasteiger partial charge in [-0.3, -0.25) is 9.20 Å². The molecular weight excluding hydrogens is 416 g/mol. The third kappa shape index (κ3) is 2.09. The summed E-state index contributed by atoms with van der Waals surface area (Å²) in [5.41, 5.74) is 5.45. The second-order valence-electron chi connectivity index (χ2n) is 8.96. The molecule has 8 rings (SSSR count). The SMILES string of the molecule is O=c1c2ccccc2c2cccc3c4cc5c(cc4n1c23)c1ccccc1n5-c1ccccc1. The first kappa shape index (κ1) is 17.9. The molecule has 0 N–H and O–H groups in total. The van der Waals surface area contributed by atoms with Gasteiger partial charge in [0, 0.05) is 38.0 Å². The maximum Gasteiger partial charge on any atom is 0.263 e. The molecule has 8 aromatic rings. The van der Waals surface area contributed by atoms with Gasteiger partial charge in [0.2, 0.25) is 0 Å². The van der Waals surface area contributed by atoms with E-state index in [0.29, 0.717) is 0 Å². The van der Waals surface area contributed by atoms with Gasteiger partial charge in [-0.15, -0.1) is 0 Å². The lowest BCUT2D eigenvalue weighted by molar-refractivity contribution is 1.18. The van der Waals surface area contributed by atoms with Crippen LogP contribution in [-0.4, -0.2) is 8.97 Å². The minimum absolute atomic E-state index is 0.0421. The number of hydrogen-bond acceptors (Lipinski definition) is 1. The molecule has 0 fully saturated rings. The fraction of sp³-hybridized carbons (Fsp3) is 0. The predicted octanol–water partition coefficient (Wildman–Crippen LogP) is 7.29. The van der Waals surface area contributed by atoms with E-state index in [9.17, 15) is 4.79 Å². The molecule has 5 aromatic carbocycles. The second-order valence-corrected chi connectivity index (χ2v) is 8.96. The molecule has 3 aromatic heterocycles. The van der Waals surface area contributed by atoms with Crippen LogP contribution in [0.4, 0.5) is 0 Å². The Kier molecular flexibility index (Phi) is 3.28. The van der Waals surface area contributed by atoms with Crippen molar-refractivity contribution in [2.75, 3.05) is 0 Å². The molecule has 0 atom stereocenters. The molecule has 3 heterocycles. The van der Waals surface area contributed by atoms with Crippen molar-refractivity contribution in [1.29, 1.82) is 0 Å². The summed E-state index contributed by atoms with van der Waals surface area (Å²) in [6, 6.07) is 37.8. The van der Waals surface area contributed by atoms with Crippen LogP contribution in [0.3, 0.4) is 0 Å². The van der Waals surface area contributed by atoms with E-state index in [1.54, 1.807) is 0 Å². The van der Waals surface area contributed by atoms with Crippen LogP contribution in [0.15, 0.2) is 114 Å². The van der Waals surface area contributed by atoms with Crippen molar-refractivity contribution in [2.45, 2.75) is 0 Å². The molecule has 0 amide bonds. The van der Waals surface area contributed by atoms with E-state index in [0.717, 1.165) is 60.1 Å². The van der Waals surface area contributed by atoms with E-state index in [1.165, 1.54) is 5.39 Å². The molecule has 158 valence electrons. The van der Waals surface area contributed by atoms with Crippen LogP contribution < -0.4 is 5.56 Å². The van der Waals surface area contributed by atoms with Gasteiger partial charge in [0.1, 0.15) is 0 Å². The fourth-order valence-electron chi connectivity index (χ4n) is 5.84. The molecule has 0 aliphatic heterocycles. The zero-order valence-corrected chi connectivity index (χ0v) is 18.2. The average molecular weight is 434 g/mol. The van der Waals surface area contributed by atoms with E-state index in [2.05, 4.69) is 89.5 Å². The summed E-state index contributed by atoms with van der Waals surface area (Å²) < 4.78 is 4.25. The molecule has 0 saturated carbocycles. The Bertz CT molecular complexity index is 2130. The Morgan fingerprint density at radius 3 is 1.85 bits per heavy atom. The molecule has 0 saturated heterocycles. The van der Waals surface area contributed by atoms with Crippen LogP contribution in [0.25, 0.3) is 65.5 Å². The van der Waals surface area contributed by atoms with Gasteiger partial charge in [0.15, 0.2) is 0 Å². The second kappa shape index (κ2) is 6.24. The van der Waals surface area contributed by atoms with E-state index in [-0.39, 0.29) is 5.56 Å². The van der Waals surface area contributed by atoms with Crippen molar-refractivity contribution in [3.05, 3.63) is 120 Å². The highest BCUT2D eigenvalue weighted by Crippen LogP contribution is 2.39. The molecule has 0 bridgehead atoms. The lowest BCUT2D eigenvalue weighted by atomic mass is 10.0. The summed E-state index contributed by atoms with van der Waals surface area (Å²) in [6.45, 7) is 0. The fourth-order valence-corrected chi connectivity index (χ4v) is 5.84. The van der Waals surface area contributed by atoms with Gasteiger partial charge in [-0.25, -0.2) is 0 Å². The Morgan fingerprint density at radius 1 is 0.441 bits per heavy atom. The molecule has 0 aliphatic rings. The van der Waals surface area contributed by atoms with Gasteiger partial charge >= 0.3 is 0 Å². The zero-order chi connectivity index (χ0) is 22.4. The van der Waals surface area contributed by atoms with Crippen LogP contribution in [0.5, 0.6) is 0 Å². The smallest absolute Gasteiger partial charge is 0.263 e. The minimum Gasteiger partial charge on any atom is -0.309 e. The number of para-hydroxylation sites is 3. The first-order chi connectivity index (χ1) is 16.8. The number of fused-ring (bicyclic) bond motifs is 8. The average Bonchev–Trinajstić information content (AvgIpc) is 3.40. The Morgan fingerprint density at radius 2 is 1.03 bits per heavy atom. The Balaban J connectivity index is 1.67. The first-order valence-electron chi connectivity index (χ1n) is 11.5. The van der Waals surface area contributed by atoms with Gasteiger partial charge < -0.3 is 4.57 Å². The number of pyridine rings is 1. The Hall–Kier alpha value is -4.63. The van der Waals surface area contributed by atoms with Crippen molar-refractivity contribution in [3.8, 4) is 5.69 Å². The van der Waals surface area contributed by atoms with Crippen LogP contribution in [-0.2, 0) is 0 Å². The highest BCUT2D eigenvalue weighted by molar-refractivity contribution is 6.23. The van der Waals surface area contributed by atoms with Crippen LogP contribution >= 0.6 is 0 Å². The van der Waals surface area contributed by atoms with Crippen LogP contribution in [0, 0.1) is 0 Å². The van der Waals surface area contributed by atoms with Crippen molar-refractivity contribution in [1.82, 2.24) is 8.97 Å². The molecule has 0 unspecified atom stereocenters.